The van der Waals surface area contributed by atoms with Crippen LogP contribution in [0.25, 0.3) is 10.9 Å². The SMILES string of the molecule is c1ccc(N2Cc3cnc4ccccc4c3N2)cc1. The molecule has 0 amide bonds. The maximum absolute atomic E-state index is 4.51. The number of nitrogens with zero attached hydrogens (tertiary/aromatic N) is 2. The lowest BCUT2D eigenvalue weighted by atomic mass is 10.1. The number of aromatic nitrogens is 1. The van der Waals surface area contributed by atoms with Gasteiger partial charge < -0.3 is 0 Å². The number of hydrogen-bond acceptors (Lipinski definition) is 3. The fourth-order valence-electron chi connectivity index (χ4n) is 2.54. The van der Waals surface area contributed by atoms with Crippen molar-refractivity contribution in [1.29, 1.82) is 0 Å². The van der Waals surface area contributed by atoms with Gasteiger partial charge in [0, 0.05) is 17.1 Å². The third-order valence-corrected chi connectivity index (χ3v) is 3.50. The van der Waals surface area contributed by atoms with Gasteiger partial charge in [0.25, 0.3) is 0 Å². The molecule has 1 N–H and O–H groups in total. The normalized spacial score (nSPS) is 13.4. The average molecular weight is 247 g/mol. The topological polar surface area (TPSA) is 28.2 Å². The molecule has 2 aromatic carbocycles. The Kier molecular flexibility index (Phi) is 2.18. The second-order valence-corrected chi connectivity index (χ2v) is 4.71. The number of para-hydroxylation sites is 2. The van der Waals surface area contributed by atoms with Gasteiger partial charge in [0.15, 0.2) is 0 Å². The zero-order chi connectivity index (χ0) is 12.7. The monoisotopic (exact) mass is 247 g/mol. The van der Waals surface area contributed by atoms with Crippen molar-refractivity contribution in [2.45, 2.75) is 6.54 Å². The Labute approximate surface area is 111 Å². The first kappa shape index (κ1) is 10.4. The summed E-state index contributed by atoms with van der Waals surface area (Å²) in [5.74, 6) is 0. The Morgan fingerprint density at radius 3 is 2.63 bits per heavy atom. The summed E-state index contributed by atoms with van der Waals surface area (Å²) >= 11 is 0. The van der Waals surface area contributed by atoms with E-state index in [1.807, 2.05) is 24.4 Å². The second-order valence-electron chi connectivity index (χ2n) is 4.71. The van der Waals surface area contributed by atoms with Crippen LogP contribution in [0, 0.1) is 0 Å². The van der Waals surface area contributed by atoms with Crippen LogP contribution in [0.15, 0.2) is 60.8 Å². The van der Waals surface area contributed by atoms with Crippen molar-refractivity contribution in [3.8, 4) is 0 Å². The fourth-order valence-corrected chi connectivity index (χ4v) is 2.54. The summed E-state index contributed by atoms with van der Waals surface area (Å²) in [6.07, 6.45) is 1.97. The highest BCUT2D eigenvalue weighted by Gasteiger charge is 2.20. The first-order chi connectivity index (χ1) is 9.42. The van der Waals surface area contributed by atoms with E-state index in [4.69, 9.17) is 0 Å². The molecule has 3 nitrogen and oxygen atoms in total. The van der Waals surface area contributed by atoms with Gasteiger partial charge >= 0.3 is 0 Å². The third kappa shape index (κ3) is 1.63. The number of benzene rings is 2. The largest absolute Gasteiger partial charge is 0.297 e. The van der Waals surface area contributed by atoms with Gasteiger partial charge in [-0.1, -0.05) is 36.4 Å². The van der Waals surface area contributed by atoms with E-state index in [2.05, 4.69) is 51.8 Å². The van der Waals surface area contributed by atoms with E-state index in [0.717, 1.165) is 12.1 Å². The van der Waals surface area contributed by atoms with Crippen LogP contribution < -0.4 is 10.4 Å². The molecule has 92 valence electrons. The first-order valence-electron chi connectivity index (χ1n) is 6.38. The second kappa shape index (κ2) is 3.99. The first-order valence-corrected chi connectivity index (χ1v) is 6.38. The van der Waals surface area contributed by atoms with Gasteiger partial charge in [-0.25, -0.2) is 0 Å². The average Bonchev–Trinajstić information content (AvgIpc) is 2.93. The molecule has 0 aliphatic carbocycles. The van der Waals surface area contributed by atoms with E-state index in [9.17, 15) is 0 Å². The summed E-state index contributed by atoms with van der Waals surface area (Å²) < 4.78 is 0. The summed E-state index contributed by atoms with van der Waals surface area (Å²) in [6, 6.07) is 18.6. The van der Waals surface area contributed by atoms with Gasteiger partial charge in [0.2, 0.25) is 0 Å². The van der Waals surface area contributed by atoms with Crippen molar-refractivity contribution >= 4 is 22.3 Å². The van der Waals surface area contributed by atoms with Crippen LogP contribution in [0.1, 0.15) is 5.56 Å². The molecule has 3 heteroatoms. The summed E-state index contributed by atoms with van der Waals surface area (Å²) in [4.78, 5) is 4.51. The molecule has 0 unspecified atom stereocenters. The molecule has 0 bridgehead atoms. The van der Waals surface area contributed by atoms with E-state index in [0.29, 0.717) is 0 Å². The summed E-state index contributed by atoms with van der Waals surface area (Å²) in [5.41, 5.74) is 8.10. The number of hydrogen-bond donors (Lipinski definition) is 1. The minimum absolute atomic E-state index is 0.844. The van der Waals surface area contributed by atoms with Crippen LogP contribution >= 0.6 is 0 Å². The zero-order valence-electron chi connectivity index (χ0n) is 10.4. The van der Waals surface area contributed by atoms with Crippen molar-refractivity contribution in [2.24, 2.45) is 0 Å². The molecular formula is C16H13N3. The van der Waals surface area contributed by atoms with Crippen molar-refractivity contribution in [1.82, 2.24) is 4.98 Å². The number of fused-ring (bicyclic) bond motifs is 3. The van der Waals surface area contributed by atoms with Crippen LogP contribution in [0.3, 0.4) is 0 Å². The smallest absolute Gasteiger partial charge is 0.0723 e. The molecule has 4 rings (SSSR count). The molecule has 1 aliphatic rings. The number of nitrogens with one attached hydrogen (secondary N) is 1. The molecule has 19 heavy (non-hydrogen) atoms. The molecule has 0 fully saturated rings. The summed E-state index contributed by atoms with van der Waals surface area (Å²) in [5, 5.41) is 3.33. The molecule has 0 radical (unpaired) electrons. The van der Waals surface area contributed by atoms with E-state index >= 15 is 0 Å². The Hall–Kier alpha value is -2.55. The lowest BCUT2D eigenvalue weighted by Gasteiger charge is -2.18. The molecule has 0 atom stereocenters. The Morgan fingerprint density at radius 2 is 1.74 bits per heavy atom. The Bertz CT molecular complexity index is 737. The van der Waals surface area contributed by atoms with Crippen molar-refractivity contribution in [2.75, 3.05) is 10.4 Å². The number of hydrazine groups is 1. The highest BCUT2D eigenvalue weighted by molar-refractivity contribution is 5.94. The van der Waals surface area contributed by atoms with E-state index in [1.54, 1.807) is 0 Å². The zero-order valence-corrected chi connectivity index (χ0v) is 10.4. The molecule has 0 saturated carbocycles. The van der Waals surface area contributed by atoms with Gasteiger partial charge in [-0.2, -0.15) is 0 Å². The van der Waals surface area contributed by atoms with Crippen LogP contribution in [0.5, 0.6) is 0 Å². The van der Waals surface area contributed by atoms with Gasteiger partial charge in [-0.05, 0) is 18.2 Å². The summed E-state index contributed by atoms with van der Waals surface area (Å²) in [7, 11) is 0. The highest BCUT2D eigenvalue weighted by Crippen LogP contribution is 2.33. The van der Waals surface area contributed by atoms with Gasteiger partial charge in [-0.3, -0.25) is 15.4 Å². The molecule has 2 heterocycles. The van der Waals surface area contributed by atoms with Crippen LogP contribution in [-0.4, -0.2) is 4.98 Å². The molecule has 0 saturated heterocycles. The number of pyridine rings is 1. The van der Waals surface area contributed by atoms with Crippen molar-refractivity contribution in [3.63, 3.8) is 0 Å². The standard InChI is InChI=1S/C16H13N3/c1-2-6-13(7-3-1)19-11-12-10-17-15-9-5-4-8-14(15)16(12)18-19/h1-10,18H,11H2. The van der Waals surface area contributed by atoms with Gasteiger partial charge in [0.05, 0.1) is 23.4 Å². The predicted octanol–water partition coefficient (Wildman–Crippen LogP) is 3.58. The maximum atomic E-state index is 4.51. The minimum Gasteiger partial charge on any atom is -0.297 e. The predicted molar refractivity (Wildman–Crippen MR) is 78.0 cm³/mol. The number of rotatable bonds is 1. The molecule has 1 aromatic heterocycles. The highest BCUT2D eigenvalue weighted by atomic mass is 15.5. The molecule has 1 aliphatic heterocycles. The van der Waals surface area contributed by atoms with Crippen molar-refractivity contribution in [3.05, 3.63) is 66.4 Å². The quantitative estimate of drug-likeness (QED) is 0.712. The third-order valence-electron chi connectivity index (χ3n) is 3.50. The van der Waals surface area contributed by atoms with Crippen LogP contribution in [-0.2, 0) is 6.54 Å². The van der Waals surface area contributed by atoms with E-state index in [-0.39, 0.29) is 0 Å². The van der Waals surface area contributed by atoms with Gasteiger partial charge in [-0.15, -0.1) is 0 Å². The Balaban J connectivity index is 1.80. The van der Waals surface area contributed by atoms with E-state index in [1.165, 1.54) is 22.3 Å². The molecule has 0 spiro atoms. The lowest BCUT2D eigenvalue weighted by molar-refractivity contribution is 0.966. The minimum atomic E-state index is 0.844. The Morgan fingerprint density at radius 1 is 0.947 bits per heavy atom. The molecule has 3 aromatic rings. The molecular weight excluding hydrogens is 234 g/mol. The number of anilines is 2. The van der Waals surface area contributed by atoms with Crippen molar-refractivity contribution < 1.29 is 0 Å². The van der Waals surface area contributed by atoms with Crippen LogP contribution in [0.2, 0.25) is 0 Å². The lowest BCUT2D eigenvalue weighted by Crippen LogP contribution is -2.22. The summed E-state index contributed by atoms with van der Waals surface area (Å²) in [6.45, 7) is 0.844. The fraction of sp³-hybridized carbons (Fsp3) is 0.0625. The van der Waals surface area contributed by atoms with E-state index < -0.39 is 0 Å². The van der Waals surface area contributed by atoms with Crippen LogP contribution in [0.4, 0.5) is 11.4 Å². The van der Waals surface area contributed by atoms with Gasteiger partial charge in [0.1, 0.15) is 0 Å². The maximum Gasteiger partial charge on any atom is 0.0723 e.